The second-order valence-electron chi connectivity index (χ2n) is 5.29. The van der Waals surface area contributed by atoms with Gasteiger partial charge in [-0.05, 0) is 31.2 Å². The second-order valence-corrected chi connectivity index (χ2v) is 6.27. The molecule has 1 aromatic rings. The van der Waals surface area contributed by atoms with Gasteiger partial charge in [0.25, 0.3) is 0 Å². The smallest absolute Gasteiger partial charge is 0.326 e. The van der Waals surface area contributed by atoms with Crippen LogP contribution in [0, 0.1) is 12.8 Å². The van der Waals surface area contributed by atoms with E-state index >= 15 is 0 Å². The van der Waals surface area contributed by atoms with Crippen molar-refractivity contribution in [1.82, 2.24) is 0 Å². The van der Waals surface area contributed by atoms with E-state index in [0.29, 0.717) is 11.7 Å². The number of methoxy groups -OCH3 is 1. The number of carbonyl (C=O) groups is 1. The minimum atomic E-state index is -0.802. The van der Waals surface area contributed by atoms with E-state index in [2.05, 4.69) is 31.2 Å². The van der Waals surface area contributed by atoms with Crippen molar-refractivity contribution in [2.45, 2.75) is 31.1 Å². The molecule has 0 spiro atoms. The first-order valence-electron chi connectivity index (χ1n) is 6.57. The van der Waals surface area contributed by atoms with Gasteiger partial charge in [-0.2, -0.15) is 11.8 Å². The van der Waals surface area contributed by atoms with E-state index in [9.17, 15) is 4.79 Å². The van der Waals surface area contributed by atoms with E-state index in [4.69, 9.17) is 10.5 Å². The second kappa shape index (κ2) is 5.97. The number of ether oxygens (including phenoxy) is 1. The zero-order valence-electron chi connectivity index (χ0n) is 11.5. The van der Waals surface area contributed by atoms with Crippen molar-refractivity contribution in [2.24, 2.45) is 11.7 Å². The number of thioether (sulfide) groups is 1. The van der Waals surface area contributed by atoms with Crippen molar-refractivity contribution in [3.8, 4) is 0 Å². The first-order valence-corrected chi connectivity index (χ1v) is 7.72. The molecule has 1 saturated carbocycles. The number of carbonyl (C=O) groups excluding carboxylic acids is 1. The van der Waals surface area contributed by atoms with Gasteiger partial charge in [-0.1, -0.05) is 29.8 Å². The Morgan fingerprint density at radius 1 is 1.53 bits per heavy atom. The minimum absolute atomic E-state index is 0.272. The molecule has 1 unspecified atom stereocenters. The van der Waals surface area contributed by atoms with Crippen LogP contribution < -0.4 is 5.73 Å². The number of aryl methyl sites for hydroxylation is 1. The highest BCUT2D eigenvalue weighted by Gasteiger charge is 2.48. The SMILES string of the molecule is COC(=O)C(N)(CSCc1cccc(C)c1)C1CC1. The number of hydrogen-bond acceptors (Lipinski definition) is 4. The van der Waals surface area contributed by atoms with Crippen LogP contribution in [0.4, 0.5) is 0 Å². The molecule has 19 heavy (non-hydrogen) atoms. The van der Waals surface area contributed by atoms with Crippen LogP contribution in [-0.4, -0.2) is 24.4 Å². The zero-order chi connectivity index (χ0) is 13.9. The van der Waals surface area contributed by atoms with Crippen molar-refractivity contribution in [3.63, 3.8) is 0 Å². The Balaban J connectivity index is 1.91. The molecule has 0 heterocycles. The van der Waals surface area contributed by atoms with Gasteiger partial charge in [-0.3, -0.25) is 4.79 Å². The van der Waals surface area contributed by atoms with Gasteiger partial charge in [0, 0.05) is 11.5 Å². The monoisotopic (exact) mass is 279 g/mol. The molecule has 0 radical (unpaired) electrons. The fourth-order valence-corrected chi connectivity index (χ4v) is 3.48. The Morgan fingerprint density at radius 3 is 2.84 bits per heavy atom. The molecule has 2 rings (SSSR count). The summed E-state index contributed by atoms with van der Waals surface area (Å²) in [5.41, 5.74) is 7.98. The van der Waals surface area contributed by atoms with E-state index < -0.39 is 5.54 Å². The fraction of sp³-hybridized carbons (Fsp3) is 0.533. The Labute approximate surface area is 118 Å². The summed E-state index contributed by atoms with van der Waals surface area (Å²) < 4.78 is 4.86. The lowest BCUT2D eigenvalue weighted by Crippen LogP contribution is -2.53. The molecule has 0 amide bonds. The molecule has 2 N–H and O–H groups in total. The van der Waals surface area contributed by atoms with Crippen molar-refractivity contribution < 1.29 is 9.53 Å². The van der Waals surface area contributed by atoms with Crippen LogP contribution in [0.5, 0.6) is 0 Å². The molecule has 3 nitrogen and oxygen atoms in total. The summed E-state index contributed by atoms with van der Waals surface area (Å²) in [4.78, 5) is 11.9. The van der Waals surface area contributed by atoms with Gasteiger partial charge in [-0.25, -0.2) is 0 Å². The van der Waals surface area contributed by atoms with E-state index in [1.165, 1.54) is 18.2 Å². The molecule has 1 aliphatic rings. The first kappa shape index (κ1) is 14.4. The van der Waals surface area contributed by atoms with E-state index in [1.807, 2.05) is 0 Å². The molecular weight excluding hydrogens is 258 g/mol. The average Bonchev–Trinajstić information content (AvgIpc) is 3.22. The Morgan fingerprint density at radius 2 is 2.26 bits per heavy atom. The van der Waals surface area contributed by atoms with Crippen LogP contribution in [0.3, 0.4) is 0 Å². The topological polar surface area (TPSA) is 52.3 Å². The van der Waals surface area contributed by atoms with Gasteiger partial charge in [0.2, 0.25) is 0 Å². The summed E-state index contributed by atoms with van der Waals surface area (Å²) in [7, 11) is 1.41. The Kier molecular flexibility index (Phi) is 4.53. The summed E-state index contributed by atoms with van der Waals surface area (Å²) >= 11 is 1.71. The summed E-state index contributed by atoms with van der Waals surface area (Å²) in [6, 6.07) is 8.41. The van der Waals surface area contributed by atoms with Crippen molar-refractivity contribution in [3.05, 3.63) is 35.4 Å². The molecule has 4 heteroatoms. The van der Waals surface area contributed by atoms with Gasteiger partial charge in [0.1, 0.15) is 5.54 Å². The zero-order valence-corrected chi connectivity index (χ0v) is 12.3. The number of nitrogens with two attached hydrogens (primary N) is 1. The molecule has 0 bridgehead atoms. The summed E-state index contributed by atoms with van der Waals surface area (Å²) in [5, 5.41) is 0. The van der Waals surface area contributed by atoms with Crippen LogP contribution in [0.1, 0.15) is 24.0 Å². The third kappa shape index (κ3) is 3.51. The van der Waals surface area contributed by atoms with Crippen LogP contribution in [-0.2, 0) is 15.3 Å². The molecule has 104 valence electrons. The van der Waals surface area contributed by atoms with Crippen molar-refractivity contribution in [1.29, 1.82) is 0 Å². The summed E-state index contributed by atoms with van der Waals surface area (Å²) in [5.74, 6) is 1.53. The maximum Gasteiger partial charge on any atom is 0.326 e. The largest absolute Gasteiger partial charge is 0.468 e. The number of benzene rings is 1. The Bertz CT molecular complexity index is 459. The lowest BCUT2D eigenvalue weighted by molar-refractivity contribution is -0.146. The number of hydrogen-bond donors (Lipinski definition) is 1. The number of esters is 1. The molecule has 0 aromatic heterocycles. The Hall–Kier alpha value is -1.00. The molecule has 1 aromatic carbocycles. The van der Waals surface area contributed by atoms with Crippen LogP contribution in [0.25, 0.3) is 0 Å². The van der Waals surface area contributed by atoms with Gasteiger partial charge < -0.3 is 10.5 Å². The predicted octanol–water partition coefficient (Wildman–Crippen LogP) is 2.51. The highest BCUT2D eigenvalue weighted by Crippen LogP contribution is 2.40. The molecule has 1 aliphatic carbocycles. The highest BCUT2D eigenvalue weighted by atomic mass is 32.2. The maximum absolute atomic E-state index is 11.9. The molecule has 0 saturated heterocycles. The quantitative estimate of drug-likeness (QED) is 0.813. The third-order valence-corrected chi connectivity index (χ3v) is 4.78. The maximum atomic E-state index is 11.9. The molecular formula is C15H21NO2S. The fourth-order valence-electron chi connectivity index (χ4n) is 2.27. The van der Waals surface area contributed by atoms with E-state index in [1.54, 1.807) is 11.8 Å². The summed E-state index contributed by atoms with van der Waals surface area (Å²) in [6.45, 7) is 2.08. The van der Waals surface area contributed by atoms with Gasteiger partial charge in [0.05, 0.1) is 7.11 Å². The van der Waals surface area contributed by atoms with Crippen LogP contribution in [0.15, 0.2) is 24.3 Å². The van der Waals surface area contributed by atoms with Gasteiger partial charge in [-0.15, -0.1) is 0 Å². The minimum Gasteiger partial charge on any atom is -0.468 e. The van der Waals surface area contributed by atoms with Gasteiger partial charge in [0.15, 0.2) is 0 Å². The van der Waals surface area contributed by atoms with Crippen molar-refractivity contribution >= 4 is 17.7 Å². The molecule has 1 atom stereocenters. The highest BCUT2D eigenvalue weighted by molar-refractivity contribution is 7.98. The van der Waals surface area contributed by atoms with Crippen LogP contribution in [0.2, 0.25) is 0 Å². The standard InChI is InChI=1S/C15H21NO2S/c1-11-4-3-5-12(8-11)9-19-10-15(16,13-6-7-13)14(17)18-2/h3-5,8,13H,6-7,9-10,16H2,1-2H3. The van der Waals surface area contributed by atoms with Crippen LogP contribution >= 0.6 is 11.8 Å². The third-order valence-electron chi connectivity index (χ3n) is 3.56. The summed E-state index contributed by atoms with van der Waals surface area (Å²) in [6.07, 6.45) is 2.08. The molecule has 1 fully saturated rings. The average molecular weight is 279 g/mol. The van der Waals surface area contributed by atoms with E-state index in [-0.39, 0.29) is 5.97 Å². The lowest BCUT2D eigenvalue weighted by atomic mass is 9.97. The normalized spacial score (nSPS) is 17.8. The van der Waals surface area contributed by atoms with E-state index in [0.717, 1.165) is 18.6 Å². The first-order chi connectivity index (χ1) is 9.06. The van der Waals surface area contributed by atoms with Crippen molar-refractivity contribution in [2.75, 3.05) is 12.9 Å². The lowest BCUT2D eigenvalue weighted by Gasteiger charge is -2.26. The predicted molar refractivity (Wildman–Crippen MR) is 79.0 cm³/mol. The number of rotatable bonds is 6. The molecule has 0 aliphatic heterocycles. The van der Waals surface area contributed by atoms with Gasteiger partial charge >= 0.3 is 5.97 Å².